The first-order valence-corrected chi connectivity index (χ1v) is 21.6. The van der Waals surface area contributed by atoms with E-state index in [4.69, 9.17) is 37.9 Å². The van der Waals surface area contributed by atoms with Crippen molar-refractivity contribution in [1.82, 2.24) is 10.6 Å². The van der Waals surface area contributed by atoms with Crippen LogP contribution in [-0.4, -0.2) is 234 Å². The highest BCUT2D eigenvalue weighted by Gasteiger charge is 2.61. The van der Waals surface area contributed by atoms with Crippen molar-refractivity contribution in [1.29, 1.82) is 0 Å². The van der Waals surface area contributed by atoms with Gasteiger partial charge in [0.1, 0.15) is 85.4 Å². The molecule has 0 spiro atoms. The number of carbonyl (C=O) groups is 3. The second-order valence-electron chi connectivity index (χ2n) is 16.8. The Bertz CT molecular complexity index is 1980. The van der Waals surface area contributed by atoms with Crippen LogP contribution in [0.3, 0.4) is 0 Å². The molecule has 25 nitrogen and oxygen atoms in total. The lowest BCUT2D eigenvalue weighted by molar-refractivity contribution is -0.391. The fourth-order valence-electron chi connectivity index (χ4n) is 8.61. The molecule has 14 N–H and O–H groups in total. The topological polar surface area (TPSA) is 392 Å². The average molecular weight is 961 g/mol. The standard InChI is InChI=1S/C42H60N2O23/c1-4-60-38-26(44-37(57)20-10-9-18-7-5-6-8-19(18)11-20)35(65-39-31(55)30(54)27(51)16(2)61-39)33(24(15-47)63-38)64-40-32(56)36(29(53)23(14-46)62-40)67-42(41(58)59)12-21(49)25(43-17(3)48)34(66-42)28(52)22(50)13-45/h5-11,16,21-36,38-40,45-47,49-56H,4,12-15H2,1-3H3,(H,43,48)(H,44,57)(H,58,59)/t16-,21+,22-,23-,24-,25-,26-,27-,28?,29+,30-,31+,32-,33-,34+,35-,36+,38-,39+,40+,42+/m1/s1. The molecule has 0 aromatic heterocycles. The quantitative estimate of drug-likeness (QED) is 0.0702. The fourth-order valence-corrected chi connectivity index (χ4v) is 8.61. The largest absolute Gasteiger partial charge is 0.477 e. The van der Waals surface area contributed by atoms with E-state index in [1.165, 1.54) is 13.0 Å². The van der Waals surface area contributed by atoms with Gasteiger partial charge in [-0.2, -0.15) is 0 Å². The Hall–Kier alpha value is -3.65. The summed E-state index contributed by atoms with van der Waals surface area (Å²) in [5.74, 6) is -6.64. The Morgan fingerprint density at radius 1 is 0.761 bits per heavy atom. The summed E-state index contributed by atoms with van der Waals surface area (Å²) >= 11 is 0. The van der Waals surface area contributed by atoms with Crippen molar-refractivity contribution in [2.75, 3.05) is 26.4 Å². The molecule has 6 rings (SSSR count). The molecular formula is C42H60N2O23. The summed E-state index contributed by atoms with van der Waals surface area (Å²) in [5.41, 5.74) is 0.146. The van der Waals surface area contributed by atoms with Gasteiger partial charge in [-0.1, -0.05) is 30.3 Å². The van der Waals surface area contributed by atoms with E-state index in [-0.39, 0.29) is 12.2 Å². The van der Waals surface area contributed by atoms with Gasteiger partial charge in [0.2, 0.25) is 5.91 Å². The fraction of sp³-hybridized carbons (Fsp3) is 0.690. The lowest BCUT2D eigenvalue weighted by Crippen LogP contribution is -2.71. The Morgan fingerprint density at radius 3 is 2.03 bits per heavy atom. The van der Waals surface area contributed by atoms with Crippen molar-refractivity contribution in [2.24, 2.45) is 0 Å². The lowest BCUT2D eigenvalue weighted by atomic mass is 9.88. The number of amides is 2. The molecule has 376 valence electrons. The molecular weight excluding hydrogens is 900 g/mol. The summed E-state index contributed by atoms with van der Waals surface area (Å²) in [6, 6.07) is 8.93. The molecule has 0 bridgehead atoms. The van der Waals surface area contributed by atoms with Crippen LogP contribution in [-0.2, 0) is 47.5 Å². The zero-order valence-corrected chi connectivity index (χ0v) is 36.5. The Kier molecular flexibility index (Phi) is 17.6. The van der Waals surface area contributed by atoms with Crippen molar-refractivity contribution >= 4 is 28.6 Å². The van der Waals surface area contributed by atoms with Gasteiger partial charge in [-0.05, 0) is 36.8 Å². The van der Waals surface area contributed by atoms with Gasteiger partial charge >= 0.3 is 5.97 Å². The number of ether oxygens (including phenoxy) is 8. The summed E-state index contributed by atoms with van der Waals surface area (Å²) in [6.07, 6.45) is -34.6. The van der Waals surface area contributed by atoms with E-state index in [0.717, 1.165) is 12.3 Å². The van der Waals surface area contributed by atoms with Gasteiger partial charge < -0.3 is 110 Å². The molecule has 4 aliphatic heterocycles. The van der Waals surface area contributed by atoms with Crippen molar-refractivity contribution in [3.8, 4) is 0 Å². The molecule has 4 saturated heterocycles. The first-order valence-electron chi connectivity index (χ1n) is 21.6. The van der Waals surface area contributed by atoms with Crippen LogP contribution in [0.1, 0.15) is 37.6 Å². The summed E-state index contributed by atoms with van der Waals surface area (Å²) in [5, 5.41) is 136. The maximum absolute atomic E-state index is 14.1. The Morgan fingerprint density at radius 2 is 1.40 bits per heavy atom. The van der Waals surface area contributed by atoms with E-state index >= 15 is 0 Å². The lowest BCUT2D eigenvalue weighted by Gasteiger charge is -2.51. The van der Waals surface area contributed by atoms with Crippen molar-refractivity contribution in [2.45, 2.75) is 155 Å². The number of carboxylic acids is 1. The van der Waals surface area contributed by atoms with Crippen LogP contribution in [0.5, 0.6) is 0 Å². The average Bonchev–Trinajstić information content (AvgIpc) is 3.30. The first-order chi connectivity index (χ1) is 31.8. The normalized spacial score (nSPS) is 40.1. The number of hydrogen-bond donors (Lipinski definition) is 14. The van der Waals surface area contributed by atoms with Gasteiger partial charge in [-0.15, -0.1) is 0 Å². The maximum atomic E-state index is 14.1. The van der Waals surface area contributed by atoms with Crippen molar-refractivity contribution < 1.29 is 114 Å². The first kappa shape index (κ1) is 52.7. The van der Waals surface area contributed by atoms with Crippen LogP contribution in [0.25, 0.3) is 10.8 Å². The number of aliphatic hydroxyl groups is 11. The third-order valence-corrected chi connectivity index (χ3v) is 12.2. The minimum atomic E-state index is -3.13. The molecule has 2 aromatic carbocycles. The SMILES string of the molecule is CCO[C@@H]1O[C@H](CO)[C@@H](O[C@@H]2O[C@H](CO)[C@H](O)[C@H](O[C@]3(C(=O)O)C[C@H](O)[C@@H](NC(C)=O)[C@@H](C(O)[C@H](O)CO)O3)[C@H]2O)[C@H](O[C@@H]2O[C@H](C)[C@@H](O)[C@@H](O)[C@@H]2O)[C@H]1NC(=O)c1ccc2ccccc2c1. The number of carbonyl (C=O) groups excluding carboxylic acids is 2. The van der Waals surface area contributed by atoms with E-state index in [1.807, 2.05) is 12.1 Å². The molecule has 2 amide bonds. The minimum Gasteiger partial charge on any atom is -0.477 e. The van der Waals surface area contributed by atoms with Gasteiger partial charge in [0.25, 0.3) is 11.7 Å². The molecule has 0 saturated carbocycles. The van der Waals surface area contributed by atoms with Crippen LogP contribution in [0, 0.1) is 0 Å². The number of hydrogen-bond acceptors (Lipinski definition) is 22. The van der Waals surface area contributed by atoms with E-state index in [9.17, 15) is 75.7 Å². The van der Waals surface area contributed by atoms with Gasteiger partial charge in [0, 0.05) is 25.5 Å². The number of nitrogens with one attached hydrogen (secondary N) is 2. The van der Waals surface area contributed by atoms with Crippen LogP contribution in [0.4, 0.5) is 0 Å². The second-order valence-corrected chi connectivity index (χ2v) is 16.8. The monoisotopic (exact) mass is 960 g/mol. The molecule has 4 aliphatic rings. The minimum absolute atomic E-state index is 0.0437. The van der Waals surface area contributed by atoms with Gasteiger partial charge in [-0.3, -0.25) is 9.59 Å². The predicted octanol–water partition coefficient (Wildman–Crippen LogP) is -5.74. The molecule has 2 aromatic rings. The smallest absolute Gasteiger partial charge is 0.364 e. The molecule has 21 atom stereocenters. The third kappa shape index (κ3) is 11.2. The number of fused-ring (bicyclic) bond motifs is 1. The Balaban J connectivity index is 1.37. The van der Waals surface area contributed by atoms with E-state index in [0.29, 0.717) is 5.39 Å². The number of aliphatic hydroxyl groups excluding tert-OH is 11. The number of benzene rings is 2. The molecule has 4 heterocycles. The molecule has 1 unspecified atom stereocenters. The molecule has 0 aliphatic carbocycles. The Labute approximate surface area is 382 Å². The van der Waals surface area contributed by atoms with Gasteiger partial charge in [0.05, 0.1) is 38.1 Å². The van der Waals surface area contributed by atoms with Crippen molar-refractivity contribution in [3.05, 3.63) is 48.0 Å². The zero-order valence-electron chi connectivity index (χ0n) is 36.5. The highest BCUT2D eigenvalue weighted by molar-refractivity contribution is 5.98. The molecule has 67 heavy (non-hydrogen) atoms. The number of carboxylic acid groups (broad SMARTS) is 1. The van der Waals surface area contributed by atoms with Crippen LogP contribution < -0.4 is 10.6 Å². The molecule has 25 heteroatoms. The second kappa shape index (κ2) is 22.4. The summed E-state index contributed by atoms with van der Waals surface area (Å²) in [7, 11) is 0. The van der Waals surface area contributed by atoms with E-state index < -0.39 is 172 Å². The summed E-state index contributed by atoms with van der Waals surface area (Å²) < 4.78 is 47.5. The van der Waals surface area contributed by atoms with Crippen LogP contribution in [0.15, 0.2) is 42.5 Å². The van der Waals surface area contributed by atoms with Gasteiger partial charge in [0.15, 0.2) is 18.9 Å². The van der Waals surface area contributed by atoms with E-state index in [1.54, 1.807) is 31.2 Å². The highest BCUT2D eigenvalue weighted by Crippen LogP contribution is 2.39. The van der Waals surface area contributed by atoms with E-state index in [2.05, 4.69) is 10.6 Å². The molecule has 0 radical (unpaired) electrons. The summed E-state index contributed by atoms with van der Waals surface area (Å²) in [6.45, 7) is 0.905. The van der Waals surface area contributed by atoms with Crippen LogP contribution in [0.2, 0.25) is 0 Å². The third-order valence-electron chi connectivity index (χ3n) is 12.2. The van der Waals surface area contributed by atoms with Crippen molar-refractivity contribution in [3.63, 3.8) is 0 Å². The number of aliphatic carboxylic acids is 1. The maximum Gasteiger partial charge on any atom is 0.364 e. The highest BCUT2D eigenvalue weighted by atomic mass is 16.8. The zero-order chi connectivity index (χ0) is 49.1. The number of rotatable bonds is 17. The van der Waals surface area contributed by atoms with Crippen LogP contribution >= 0.6 is 0 Å². The summed E-state index contributed by atoms with van der Waals surface area (Å²) in [4.78, 5) is 39.3. The predicted molar refractivity (Wildman–Crippen MR) is 220 cm³/mol. The van der Waals surface area contributed by atoms with Gasteiger partial charge in [-0.25, -0.2) is 4.79 Å². The molecule has 4 fully saturated rings.